The number of hydrogen-bond donors (Lipinski definition) is 1. The number of amides is 1. The molecule has 0 spiro atoms. The molecule has 10 nitrogen and oxygen atoms in total. The molecule has 1 saturated heterocycles. The second-order valence-corrected chi connectivity index (χ2v) is 10.1. The Balaban J connectivity index is 1.60. The average Bonchev–Trinajstić information content (AvgIpc) is 3.15. The highest BCUT2D eigenvalue weighted by molar-refractivity contribution is 8.21. The average molecular weight is 463 g/mol. The molecule has 1 fully saturated rings. The number of rotatable bonds is 8. The molecule has 3 rings (SSSR count). The zero-order valence-corrected chi connectivity index (χ0v) is 18.0. The van der Waals surface area contributed by atoms with Crippen molar-refractivity contribution in [2.24, 2.45) is 5.10 Å². The van der Waals surface area contributed by atoms with Crippen LogP contribution in [-0.2, 0) is 4.79 Å². The molecular formula is C19H18N4O6S2. The van der Waals surface area contributed by atoms with E-state index in [4.69, 9.17) is 4.74 Å². The van der Waals surface area contributed by atoms with Gasteiger partial charge in [0.2, 0.25) is 11.7 Å². The zero-order valence-electron chi connectivity index (χ0n) is 16.3. The van der Waals surface area contributed by atoms with Crippen LogP contribution in [0.25, 0.3) is 0 Å². The number of nitrogens with zero attached hydrogens (tertiary/aromatic N) is 3. The van der Waals surface area contributed by atoms with Gasteiger partial charge in [-0.05, 0) is 42.8 Å². The molecule has 1 aliphatic heterocycles. The van der Waals surface area contributed by atoms with Crippen LogP contribution in [0.4, 0.5) is 11.4 Å². The lowest BCUT2D eigenvalue weighted by Crippen LogP contribution is -2.26. The first-order chi connectivity index (χ1) is 14.8. The van der Waals surface area contributed by atoms with Crippen molar-refractivity contribution < 1.29 is 19.4 Å². The second kappa shape index (κ2) is 9.79. The van der Waals surface area contributed by atoms with Crippen molar-refractivity contribution in [2.45, 2.75) is 17.4 Å². The maximum absolute atomic E-state index is 12.0. The number of non-ortho nitro benzene ring substituents is 1. The summed E-state index contributed by atoms with van der Waals surface area (Å²) in [6, 6.07) is 9.63. The molecule has 12 heteroatoms. The highest BCUT2D eigenvalue weighted by atomic mass is 32.2. The van der Waals surface area contributed by atoms with Gasteiger partial charge in [-0.2, -0.15) is 5.10 Å². The fourth-order valence-electron chi connectivity index (χ4n) is 2.77. The third kappa shape index (κ3) is 6.18. The number of hydrogen-bond acceptors (Lipinski definition) is 9. The fraction of sp³-hybridized carbons (Fsp3) is 0.263. The van der Waals surface area contributed by atoms with Crippen molar-refractivity contribution >= 4 is 47.0 Å². The van der Waals surface area contributed by atoms with E-state index >= 15 is 0 Å². The first-order valence-electron chi connectivity index (χ1n) is 9.06. The largest absolute Gasteiger partial charge is 0.450 e. The number of ether oxygens (including phenoxy) is 1. The van der Waals surface area contributed by atoms with Crippen LogP contribution in [0.3, 0.4) is 0 Å². The molecule has 1 N–H and O–H groups in total. The Morgan fingerprint density at radius 2 is 1.84 bits per heavy atom. The van der Waals surface area contributed by atoms with Gasteiger partial charge in [0.1, 0.15) is 5.75 Å². The summed E-state index contributed by atoms with van der Waals surface area (Å²) in [7, 11) is 0. The monoisotopic (exact) mass is 462 g/mol. The van der Waals surface area contributed by atoms with Crippen molar-refractivity contribution in [1.82, 2.24) is 5.43 Å². The van der Waals surface area contributed by atoms with Crippen LogP contribution < -0.4 is 10.2 Å². The number of nitro groups is 2. The quantitative estimate of drug-likeness (QED) is 0.348. The van der Waals surface area contributed by atoms with Crippen molar-refractivity contribution in [2.75, 3.05) is 11.5 Å². The van der Waals surface area contributed by atoms with Crippen molar-refractivity contribution in [3.05, 3.63) is 68.3 Å². The predicted octanol–water partition coefficient (Wildman–Crippen LogP) is 4.33. The van der Waals surface area contributed by atoms with E-state index in [0.717, 1.165) is 23.6 Å². The lowest BCUT2D eigenvalue weighted by molar-refractivity contribution is -0.394. The molecule has 2 aromatic carbocycles. The van der Waals surface area contributed by atoms with E-state index < -0.39 is 21.2 Å². The molecule has 0 atom stereocenters. The van der Waals surface area contributed by atoms with Gasteiger partial charge < -0.3 is 4.74 Å². The van der Waals surface area contributed by atoms with E-state index in [9.17, 15) is 25.0 Å². The molecule has 1 heterocycles. The third-order valence-corrected chi connectivity index (χ3v) is 7.53. The summed E-state index contributed by atoms with van der Waals surface area (Å²) < 4.78 is 5.39. The van der Waals surface area contributed by atoms with Crippen LogP contribution >= 0.6 is 23.5 Å². The van der Waals surface area contributed by atoms with E-state index in [0.29, 0.717) is 17.7 Å². The Bertz CT molecular complexity index is 1020. The summed E-state index contributed by atoms with van der Waals surface area (Å²) in [6.45, 7) is 2.05. The molecule has 0 bridgehead atoms. The Hall–Kier alpha value is -3.12. The molecule has 2 aromatic rings. The molecule has 0 radical (unpaired) electrons. The Morgan fingerprint density at radius 1 is 1.16 bits per heavy atom. The van der Waals surface area contributed by atoms with Crippen LogP contribution in [0.1, 0.15) is 18.9 Å². The van der Waals surface area contributed by atoms with Gasteiger partial charge in [-0.25, -0.2) is 5.43 Å². The van der Waals surface area contributed by atoms with Crippen LogP contribution in [0.5, 0.6) is 11.5 Å². The number of benzene rings is 2. The van der Waals surface area contributed by atoms with E-state index in [-0.39, 0.29) is 15.7 Å². The predicted molar refractivity (Wildman–Crippen MR) is 120 cm³/mol. The second-order valence-electron chi connectivity index (χ2n) is 6.64. The zero-order chi connectivity index (χ0) is 22.4. The van der Waals surface area contributed by atoms with E-state index in [2.05, 4.69) is 10.5 Å². The van der Waals surface area contributed by atoms with Gasteiger partial charge in [-0.3, -0.25) is 25.0 Å². The van der Waals surface area contributed by atoms with E-state index in [1.54, 1.807) is 47.8 Å². The van der Waals surface area contributed by atoms with Gasteiger partial charge in [0.15, 0.2) is 0 Å². The first-order valence-corrected chi connectivity index (χ1v) is 11.0. The Kier molecular flexibility index (Phi) is 7.13. The Labute approximate surface area is 185 Å². The lowest BCUT2D eigenvalue weighted by Gasteiger charge is -2.19. The topological polar surface area (TPSA) is 137 Å². The molecular weight excluding hydrogens is 444 g/mol. The van der Waals surface area contributed by atoms with E-state index in [1.807, 2.05) is 6.92 Å². The summed E-state index contributed by atoms with van der Waals surface area (Å²) in [5.41, 5.74) is 2.30. The Morgan fingerprint density at radius 3 is 2.45 bits per heavy atom. The lowest BCUT2D eigenvalue weighted by atomic mass is 10.2. The normalized spacial score (nSPS) is 15.0. The van der Waals surface area contributed by atoms with Gasteiger partial charge >= 0.3 is 5.69 Å². The van der Waals surface area contributed by atoms with Crippen LogP contribution in [0.2, 0.25) is 0 Å². The smallest absolute Gasteiger partial charge is 0.318 e. The highest BCUT2D eigenvalue weighted by Gasteiger charge is 2.32. The maximum Gasteiger partial charge on any atom is 0.318 e. The van der Waals surface area contributed by atoms with Crippen molar-refractivity contribution in [1.29, 1.82) is 0 Å². The standard InChI is InChI=1S/C19H18N4O6S2/c1-19(30-8-9-31-19)11-18(24)21-20-12-13-2-5-15(6-3-13)29-17-7-4-14(22(25)26)10-16(17)23(27)28/h2-7,10,12H,8-9,11H2,1H3,(H,21,24)/b20-12-. The maximum atomic E-state index is 12.0. The molecule has 162 valence electrons. The summed E-state index contributed by atoms with van der Waals surface area (Å²) in [5.74, 6) is 2.11. The SMILES string of the molecule is CC1(CC(=O)N/N=C\c2ccc(Oc3ccc([N+](=O)[O-])cc3[N+](=O)[O-])cc2)SCCS1. The number of nitrogens with one attached hydrogen (secondary N) is 1. The number of nitro benzene ring substituents is 2. The third-order valence-electron chi connectivity index (χ3n) is 4.24. The molecule has 1 amide bonds. The minimum atomic E-state index is -0.741. The van der Waals surface area contributed by atoms with Gasteiger partial charge in [0.25, 0.3) is 5.69 Å². The van der Waals surface area contributed by atoms with Crippen LogP contribution in [0.15, 0.2) is 47.6 Å². The van der Waals surface area contributed by atoms with E-state index in [1.165, 1.54) is 12.3 Å². The van der Waals surface area contributed by atoms with Gasteiger partial charge in [-0.15, -0.1) is 23.5 Å². The molecule has 31 heavy (non-hydrogen) atoms. The fourth-order valence-corrected chi connectivity index (χ4v) is 5.60. The molecule has 0 unspecified atom stereocenters. The summed E-state index contributed by atoms with van der Waals surface area (Å²) in [6.07, 6.45) is 1.85. The number of carbonyl (C=O) groups is 1. The van der Waals surface area contributed by atoms with Crippen LogP contribution in [-0.4, -0.2) is 37.6 Å². The molecule has 0 saturated carbocycles. The first kappa shape index (κ1) is 22.6. The molecule has 0 aliphatic carbocycles. The molecule has 1 aliphatic rings. The highest BCUT2D eigenvalue weighted by Crippen LogP contribution is 2.45. The van der Waals surface area contributed by atoms with Gasteiger partial charge in [0, 0.05) is 17.6 Å². The minimum absolute atomic E-state index is 0.111. The molecule has 0 aromatic heterocycles. The number of thioether (sulfide) groups is 2. The summed E-state index contributed by atoms with van der Waals surface area (Å²) in [5, 5.41) is 26.0. The van der Waals surface area contributed by atoms with Crippen molar-refractivity contribution in [3.63, 3.8) is 0 Å². The van der Waals surface area contributed by atoms with Crippen molar-refractivity contribution in [3.8, 4) is 11.5 Å². The van der Waals surface area contributed by atoms with Crippen LogP contribution in [0, 0.1) is 20.2 Å². The van der Waals surface area contributed by atoms with Gasteiger partial charge in [-0.1, -0.05) is 0 Å². The summed E-state index contributed by atoms with van der Waals surface area (Å²) in [4.78, 5) is 32.6. The van der Waals surface area contributed by atoms with Gasteiger partial charge in [0.05, 0.1) is 32.6 Å². The number of carbonyl (C=O) groups excluding carboxylic acids is 1. The summed E-state index contributed by atoms with van der Waals surface area (Å²) >= 11 is 3.54. The number of hydrazone groups is 1. The minimum Gasteiger partial charge on any atom is -0.450 e.